The predicted octanol–water partition coefficient (Wildman–Crippen LogP) is 3.09. The van der Waals surface area contributed by atoms with Crippen LogP contribution in [0.3, 0.4) is 0 Å². The van der Waals surface area contributed by atoms with Gasteiger partial charge in [0.1, 0.15) is 24.0 Å². The number of hydrogen-bond donors (Lipinski definition) is 1. The highest BCUT2D eigenvalue weighted by atomic mass is 32.2. The first-order valence-corrected chi connectivity index (χ1v) is 10.2. The van der Waals surface area contributed by atoms with Crippen LogP contribution >= 0.6 is 11.8 Å². The van der Waals surface area contributed by atoms with Crippen LogP contribution in [0.25, 0.3) is 0 Å². The molecule has 28 heavy (non-hydrogen) atoms. The maximum Gasteiger partial charge on any atom is 0.328 e. The third kappa shape index (κ3) is 10.2. The Labute approximate surface area is 171 Å². The standard InChI is InChI=1S/C20H30N2O5S/c1-15(18(24)27-20(3,4)5)21-19(25)22(12-14-28-16(2)23)11-13-26-17-9-7-6-8-10-17/h6-10,15H,11-14H2,1-5H3,(H,21,25)/t15-/m0/s1. The number of nitrogens with one attached hydrogen (secondary N) is 1. The van der Waals surface area contributed by atoms with Crippen molar-refractivity contribution in [1.29, 1.82) is 0 Å². The van der Waals surface area contributed by atoms with Crippen LogP contribution in [0.5, 0.6) is 5.75 Å². The summed E-state index contributed by atoms with van der Waals surface area (Å²) in [6.07, 6.45) is 0. The van der Waals surface area contributed by atoms with Crippen molar-refractivity contribution in [1.82, 2.24) is 10.2 Å². The molecule has 0 aliphatic rings. The van der Waals surface area contributed by atoms with Crippen LogP contribution in [0, 0.1) is 0 Å². The van der Waals surface area contributed by atoms with Gasteiger partial charge in [-0.1, -0.05) is 30.0 Å². The van der Waals surface area contributed by atoms with Crippen molar-refractivity contribution in [3.05, 3.63) is 30.3 Å². The molecule has 0 aromatic heterocycles. The van der Waals surface area contributed by atoms with E-state index in [1.54, 1.807) is 27.7 Å². The zero-order chi connectivity index (χ0) is 21.2. The van der Waals surface area contributed by atoms with Crippen LogP contribution in [-0.2, 0) is 14.3 Å². The molecule has 0 fully saturated rings. The van der Waals surface area contributed by atoms with Gasteiger partial charge >= 0.3 is 12.0 Å². The van der Waals surface area contributed by atoms with Crippen molar-refractivity contribution in [2.45, 2.75) is 46.3 Å². The molecule has 0 saturated carbocycles. The first-order chi connectivity index (χ1) is 13.1. The summed E-state index contributed by atoms with van der Waals surface area (Å²) >= 11 is 1.15. The average molecular weight is 411 g/mol. The zero-order valence-corrected chi connectivity index (χ0v) is 18.0. The minimum absolute atomic E-state index is 0.0111. The fourth-order valence-corrected chi connectivity index (χ4v) is 2.73. The van der Waals surface area contributed by atoms with Gasteiger partial charge in [-0.05, 0) is 39.8 Å². The van der Waals surface area contributed by atoms with E-state index >= 15 is 0 Å². The minimum atomic E-state index is -0.787. The largest absolute Gasteiger partial charge is 0.492 e. The van der Waals surface area contributed by atoms with Gasteiger partial charge in [0.15, 0.2) is 5.12 Å². The lowest BCUT2D eigenvalue weighted by atomic mass is 10.2. The number of nitrogens with zero attached hydrogens (tertiary/aromatic N) is 1. The van der Waals surface area contributed by atoms with Gasteiger partial charge in [-0.3, -0.25) is 4.79 Å². The molecule has 0 unspecified atom stereocenters. The number of hydrogen-bond acceptors (Lipinski definition) is 6. The second kappa shape index (κ2) is 11.6. The molecule has 2 amide bonds. The van der Waals surface area contributed by atoms with Crippen molar-refractivity contribution in [2.24, 2.45) is 0 Å². The van der Waals surface area contributed by atoms with Gasteiger partial charge < -0.3 is 19.7 Å². The van der Waals surface area contributed by atoms with Crippen molar-refractivity contribution >= 4 is 28.9 Å². The number of urea groups is 1. The number of para-hydroxylation sites is 1. The molecule has 0 bridgehead atoms. The molecule has 156 valence electrons. The highest BCUT2D eigenvalue weighted by Crippen LogP contribution is 2.10. The SMILES string of the molecule is CC(=O)SCCN(CCOc1ccccc1)C(=O)N[C@@H](C)C(=O)OC(C)(C)C. The molecule has 0 aliphatic carbocycles. The highest BCUT2D eigenvalue weighted by Gasteiger charge is 2.25. The second-order valence-electron chi connectivity index (χ2n) is 7.19. The Kier molecular flexibility index (Phi) is 9.85. The zero-order valence-electron chi connectivity index (χ0n) is 17.2. The Morgan fingerprint density at radius 3 is 2.36 bits per heavy atom. The summed E-state index contributed by atoms with van der Waals surface area (Å²) < 4.78 is 10.9. The van der Waals surface area contributed by atoms with Crippen molar-refractivity contribution in [2.75, 3.05) is 25.4 Å². The Morgan fingerprint density at radius 1 is 1.14 bits per heavy atom. The van der Waals surface area contributed by atoms with E-state index in [-0.39, 0.29) is 5.12 Å². The van der Waals surface area contributed by atoms with Gasteiger partial charge in [0.2, 0.25) is 0 Å². The van der Waals surface area contributed by atoms with Crippen molar-refractivity contribution in [3.8, 4) is 5.75 Å². The van der Waals surface area contributed by atoms with Crippen LogP contribution in [-0.4, -0.2) is 59.1 Å². The van der Waals surface area contributed by atoms with Crippen molar-refractivity contribution in [3.63, 3.8) is 0 Å². The third-order valence-corrected chi connectivity index (χ3v) is 4.22. The molecule has 1 atom stereocenters. The van der Waals surface area contributed by atoms with E-state index in [4.69, 9.17) is 9.47 Å². The summed E-state index contributed by atoms with van der Waals surface area (Å²) in [6.45, 7) is 9.34. The summed E-state index contributed by atoms with van der Waals surface area (Å²) in [6, 6.07) is 8.10. The number of ether oxygens (including phenoxy) is 2. The summed E-state index contributed by atoms with van der Waals surface area (Å²) in [4.78, 5) is 37.4. The summed E-state index contributed by atoms with van der Waals surface area (Å²) in [5, 5.41) is 2.64. The second-order valence-corrected chi connectivity index (χ2v) is 8.47. The molecule has 8 heteroatoms. The number of esters is 1. The molecule has 0 heterocycles. The maximum absolute atomic E-state index is 12.6. The highest BCUT2D eigenvalue weighted by molar-refractivity contribution is 8.13. The normalized spacial score (nSPS) is 12.0. The van der Waals surface area contributed by atoms with Crippen LogP contribution in [0.15, 0.2) is 30.3 Å². The first-order valence-electron chi connectivity index (χ1n) is 9.18. The Morgan fingerprint density at radius 2 is 1.79 bits per heavy atom. The van der Waals surface area contributed by atoms with Crippen molar-refractivity contribution < 1.29 is 23.9 Å². The number of thioether (sulfide) groups is 1. The molecule has 0 spiro atoms. The molecular formula is C20H30N2O5S. The summed E-state index contributed by atoms with van der Waals surface area (Å²) in [5.74, 6) is 0.678. The molecule has 1 aromatic rings. The molecule has 0 radical (unpaired) electrons. The van der Waals surface area contributed by atoms with Gasteiger partial charge in [-0.25, -0.2) is 9.59 Å². The smallest absolute Gasteiger partial charge is 0.328 e. The monoisotopic (exact) mass is 410 g/mol. The number of benzene rings is 1. The Hall–Kier alpha value is -2.22. The lowest BCUT2D eigenvalue weighted by Crippen LogP contribution is -2.49. The van der Waals surface area contributed by atoms with Gasteiger partial charge in [0.05, 0.1) is 6.54 Å². The molecule has 1 aromatic carbocycles. The van der Waals surface area contributed by atoms with Crippen LogP contribution < -0.4 is 10.1 Å². The predicted molar refractivity (Wildman–Crippen MR) is 110 cm³/mol. The average Bonchev–Trinajstić information content (AvgIpc) is 2.59. The maximum atomic E-state index is 12.6. The first kappa shape index (κ1) is 23.8. The topological polar surface area (TPSA) is 84.9 Å². The fraction of sp³-hybridized carbons (Fsp3) is 0.550. The Bertz CT molecular complexity index is 646. The van der Waals surface area contributed by atoms with Gasteiger partial charge in [0.25, 0.3) is 0 Å². The van der Waals surface area contributed by atoms with E-state index in [1.165, 1.54) is 11.8 Å². The van der Waals surface area contributed by atoms with Gasteiger partial charge in [-0.15, -0.1) is 0 Å². The van der Waals surface area contributed by atoms with Crippen LogP contribution in [0.4, 0.5) is 4.79 Å². The van der Waals surface area contributed by atoms with Gasteiger partial charge in [0, 0.05) is 19.2 Å². The number of amides is 2. The summed E-state index contributed by atoms with van der Waals surface area (Å²) in [5.41, 5.74) is -0.628. The number of rotatable bonds is 9. The quantitative estimate of drug-likeness (QED) is 0.630. The molecule has 0 saturated heterocycles. The fourth-order valence-electron chi connectivity index (χ4n) is 2.13. The lowest BCUT2D eigenvalue weighted by Gasteiger charge is -2.26. The van der Waals surface area contributed by atoms with E-state index < -0.39 is 23.6 Å². The number of carbonyl (C=O) groups is 3. The lowest BCUT2D eigenvalue weighted by molar-refractivity contribution is -0.156. The summed E-state index contributed by atoms with van der Waals surface area (Å²) in [7, 11) is 0. The molecule has 1 N–H and O–H groups in total. The number of carbonyl (C=O) groups excluding carboxylic acids is 3. The molecule has 7 nitrogen and oxygen atoms in total. The third-order valence-electron chi connectivity index (χ3n) is 3.43. The van der Waals surface area contributed by atoms with Gasteiger partial charge in [-0.2, -0.15) is 0 Å². The Balaban J connectivity index is 2.61. The van der Waals surface area contributed by atoms with E-state index in [2.05, 4.69) is 5.32 Å². The van der Waals surface area contributed by atoms with Crippen LogP contribution in [0.1, 0.15) is 34.6 Å². The molecule has 0 aliphatic heterocycles. The molecular weight excluding hydrogens is 380 g/mol. The molecule has 1 rings (SSSR count). The van der Waals surface area contributed by atoms with E-state index in [0.717, 1.165) is 11.8 Å². The van der Waals surface area contributed by atoms with E-state index in [1.807, 2.05) is 30.3 Å². The van der Waals surface area contributed by atoms with E-state index in [0.29, 0.717) is 31.2 Å². The van der Waals surface area contributed by atoms with E-state index in [9.17, 15) is 14.4 Å². The minimum Gasteiger partial charge on any atom is -0.492 e. The van der Waals surface area contributed by atoms with Crippen LogP contribution in [0.2, 0.25) is 0 Å².